The molecule has 2 nitrogen and oxygen atoms in total. The molecule has 0 saturated heterocycles. The van der Waals surface area contributed by atoms with Crippen LogP contribution in [0.1, 0.15) is 0 Å². The maximum atomic E-state index is 6.15. The number of fused-ring (bicyclic) bond motifs is 9. The summed E-state index contributed by atoms with van der Waals surface area (Å²) in [7, 11) is 0. The molecule has 52 heavy (non-hydrogen) atoms. The van der Waals surface area contributed by atoms with Gasteiger partial charge in [-0.25, -0.2) is 0 Å². The zero-order valence-corrected chi connectivity index (χ0v) is 29.5. The Kier molecular flexibility index (Phi) is 6.63. The molecule has 0 bridgehead atoms. The second-order valence-electron chi connectivity index (χ2n) is 13.3. The number of furan rings is 1. The first-order valence-electron chi connectivity index (χ1n) is 17.5. The third kappa shape index (κ3) is 4.76. The molecule has 4 heteroatoms. The first-order valence-corrected chi connectivity index (χ1v) is 19.1. The Hall–Kier alpha value is -6.20. The summed E-state index contributed by atoms with van der Waals surface area (Å²) in [6.45, 7) is 0. The average Bonchev–Trinajstić information content (AvgIpc) is 3.89. The number of para-hydroxylation sites is 1. The molecule has 0 unspecified atom stereocenters. The molecule has 0 spiro atoms. The van der Waals surface area contributed by atoms with E-state index in [0.29, 0.717) is 0 Å². The van der Waals surface area contributed by atoms with E-state index >= 15 is 0 Å². The quantitative estimate of drug-likeness (QED) is 0.178. The van der Waals surface area contributed by atoms with Crippen LogP contribution in [0.15, 0.2) is 180 Å². The highest BCUT2D eigenvalue weighted by molar-refractivity contribution is 7.26. The number of hydrogen-bond donors (Lipinski definition) is 0. The summed E-state index contributed by atoms with van der Waals surface area (Å²) in [6, 6.07) is 63.9. The van der Waals surface area contributed by atoms with Crippen molar-refractivity contribution in [2.24, 2.45) is 0 Å². The molecule has 0 saturated carbocycles. The van der Waals surface area contributed by atoms with Gasteiger partial charge in [-0.15, -0.1) is 22.7 Å². The summed E-state index contributed by atoms with van der Waals surface area (Å²) in [4.78, 5) is 2.39. The van der Waals surface area contributed by atoms with Gasteiger partial charge < -0.3 is 9.32 Å². The fourth-order valence-corrected chi connectivity index (χ4v) is 9.97. The Balaban J connectivity index is 1.04. The highest BCUT2D eigenvalue weighted by Crippen LogP contribution is 2.43. The molecule has 8 aromatic carbocycles. The van der Waals surface area contributed by atoms with Crippen molar-refractivity contribution >= 4 is 102 Å². The lowest BCUT2D eigenvalue weighted by Gasteiger charge is -2.26. The van der Waals surface area contributed by atoms with Crippen molar-refractivity contribution in [1.29, 1.82) is 0 Å². The highest BCUT2D eigenvalue weighted by Gasteiger charge is 2.17. The molecule has 244 valence electrons. The van der Waals surface area contributed by atoms with Crippen LogP contribution in [0.5, 0.6) is 0 Å². The first-order chi connectivity index (χ1) is 25.7. The van der Waals surface area contributed by atoms with Crippen LogP contribution in [0.25, 0.3) is 84.5 Å². The Morgan fingerprint density at radius 3 is 1.71 bits per heavy atom. The lowest BCUT2D eigenvalue weighted by Crippen LogP contribution is -2.09. The Bertz CT molecular complexity index is 3150. The molecular formula is C48H29NOS2. The molecule has 3 aromatic heterocycles. The van der Waals surface area contributed by atoms with E-state index in [1.165, 1.54) is 51.5 Å². The van der Waals surface area contributed by atoms with Gasteiger partial charge in [0.05, 0.1) is 0 Å². The predicted octanol–water partition coefficient (Wildman–Crippen LogP) is 15.1. The summed E-state index contributed by atoms with van der Waals surface area (Å²) in [5, 5.41) is 7.52. The molecule has 0 aliphatic carbocycles. The minimum atomic E-state index is 0.908. The molecule has 0 fully saturated rings. The van der Waals surface area contributed by atoms with Crippen molar-refractivity contribution in [3.8, 4) is 22.3 Å². The molecule has 0 amide bonds. The maximum Gasteiger partial charge on any atom is 0.135 e. The van der Waals surface area contributed by atoms with Crippen LogP contribution >= 0.6 is 22.7 Å². The molecule has 11 aromatic rings. The number of nitrogens with zero attached hydrogens (tertiary/aromatic N) is 1. The van der Waals surface area contributed by atoms with Gasteiger partial charge in [0.15, 0.2) is 0 Å². The van der Waals surface area contributed by atoms with E-state index < -0.39 is 0 Å². The lowest BCUT2D eigenvalue weighted by atomic mass is 10.0. The van der Waals surface area contributed by atoms with Crippen LogP contribution in [-0.4, -0.2) is 0 Å². The molecular weight excluding hydrogens is 671 g/mol. The number of hydrogen-bond acceptors (Lipinski definition) is 4. The summed E-state index contributed by atoms with van der Waals surface area (Å²) in [6.07, 6.45) is 0. The average molecular weight is 700 g/mol. The molecule has 3 heterocycles. The zero-order chi connectivity index (χ0) is 34.2. The summed E-state index contributed by atoms with van der Waals surface area (Å²) in [5.41, 5.74) is 9.92. The van der Waals surface area contributed by atoms with Crippen LogP contribution in [0.2, 0.25) is 0 Å². The number of benzene rings is 8. The van der Waals surface area contributed by atoms with Crippen LogP contribution in [0, 0.1) is 0 Å². The third-order valence-corrected chi connectivity index (χ3v) is 12.6. The normalized spacial score (nSPS) is 11.8. The zero-order valence-electron chi connectivity index (χ0n) is 27.9. The first kappa shape index (κ1) is 29.5. The van der Waals surface area contributed by atoms with Gasteiger partial charge in [-0.1, -0.05) is 97.1 Å². The van der Waals surface area contributed by atoms with Crippen molar-refractivity contribution in [2.75, 3.05) is 4.90 Å². The Morgan fingerprint density at radius 2 is 0.865 bits per heavy atom. The number of rotatable bonds is 5. The van der Waals surface area contributed by atoms with E-state index in [0.717, 1.165) is 50.1 Å². The van der Waals surface area contributed by atoms with Crippen molar-refractivity contribution in [3.05, 3.63) is 176 Å². The monoisotopic (exact) mass is 699 g/mol. The van der Waals surface area contributed by atoms with Crippen molar-refractivity contribution < 1.29 is 4.42 Å². The molecule has 0 radical (unpaired) electrons. The Morgan fingerprint density at radius 1 is 0.308 bits per heavy atom. The van der Waals surface area contributed by atoms with Gasteiger partial charge in [0.25, 0.3) is 0 Å². The fourth-order valence-electron chi connectivity index (χ4n) is 7.74. The molecule has 0 N–H and O–H groups in total. The minimum Gasteiger partial charge on any atom is -0.456 e. The van der Waals surface area contributed by atoms with Gasteiger partial charge in [0.2, 0.25) is 0 Å². The van der Waals surface area contributed by atoms with Crippen molar-refractivity contribution in [1.82, 2.24) is 0 Å². The van der Waals surface area contributed by atoms with Crippen molar-refractivity contribution in [3.63, 3.8) is 0 Å². The van der Waals surface area contributed by atoms with E-state index in [4.69, 9.17) is 4.42 Å². The van der Waals surface area contributed by atoms with E-state index in [9.17, 15) is 0 Å². The van der Waals surface area contributed by atoms with Crippen molar-refractivity contribution in [2.45, 2.75) is 0 Å². The van der Waals surface area contributed by atoms with E-state index in [1.807, 2.05) is 34.8 Å². The standard InChI is InChI=1S/C48H29NOS2/c1-4-13-43-37(10-1)41-27-33(18-24-44(41)50-43)31-8-7-9-35(26-31)49(36-22-23-40-38-11-2-5-14-45(38)52-48(40)29-36)34-20-16-30(17-21-34)32-19-25-47-42(28-32)39-12-3-6-15-46(39)51-47/h1-29H. The van der Waals surface area contributed by atoms with Crippen LogP contribution in [0.3, 0.4) is 0 Å². The largest absolute Gasteiger partial charge is 0.456 e. The van der Waals surface area contributed by atoms with Crippen LogP contribution < -0.4 is 4.90 Å². The number of thiophene rings is 2. The van der Waals surface area contributed by atoms with Gasteiger partial charge in [0.1, 0.15) is 11.2 Å². The predicted molar refractivity (Wildman–Crippen MR) is 225 cm³/mol. The summed E-state index contributed by atoms with van der Waals surface area (Å²) in [5.74, 6) is 0. The highest BCUT2D eigenvalue weighted by atomic mass is 32.1. The second kappa shape index (κ2) is 11.7. The van der Waals surface area contributed by atoms with E-state index in [-0.39, 0.29) is 0 Å². The van der Waals surface area contributed by atoms with Gasteiger partial charge in [-0.3, -0.25) is 0 Å². The molecule has 0 aliphatic heterocycles. The smallest absolute Gasteiger partial charge is 0.135 e. The SMILES string of the molecule is c1cc(-c2ccc3oc4ccccc4c3c2)cc(N(c2ccc(-c3ccc4sc5ccccc5c4c3)cc2)c2ccc3c(c2)sc2ccccc23)c1. The van der Waals surface area contributed by atoms with E-state index in [1.54, 1.807) is 0 Å². The van der Waals surface area contributed by atoms with Crippen LogP contribution in [0.4, 0.5) is 17.1 Å². The molecule has 11 rings (SSSR count). The van der Waals surface area contributed by atoms with Gasteiger partial charge in [-0.2, -0.15) is 0 Å². The lowest BCUT2D eigenvalue weighted by molar-refractivity contribution is 0.669. The van der Waals surface area contributed by atoms with Crippen LogP contribution in [-0.2, 0) is 0 Å². The topological polar surface area (TPSA) is 16.4 Å². The third-order valence-electron chi connectivity index (χ3n) is 10.3. The molecule has 0 atom stereocenters. The number of anilines is 3. The fraction of sp³-hybridized carbons (Fsp3) is 0. The maximum absolute atomic E-state index is 6.15. The van der Waals surface area contributed by atoms with Gasteiger partial charge in [0, 0.05) is 68.2 Å². The summed E-state index contributed by atoms with van der Waals surface area (Å²) < 4.78 is 11.4. The molecule has 0 aliphatic rings. The Labute approximate surface area is 308 Å². The van der Waals surface area contributed by atoms with E-state index in [2.05, 4.69) is 169 Å². The van der Waals surface area contributed by atoms with Gasteiger partial charge in [-0.05, 0) is 101 Å². The van der Waals surface area contributed by atoms with Gasteiger partial charge >= 0.3 is 0 Å². The summed E-state index contributed by atoms with van der Waals surface area (Å²) >= 11 is 3.71. The second-order valence-corrected chi connectivity index (χ2v) is 15.5. The minimum absolute atomic E-state index is 0.908.